The molecule has 1 aromatic rings. The molecule has 1 N–H and O–H groups in total. The summed E-state index contributed by atoms with van der Waals surface area (Å²) in [5.74, 6) is -1.06. The van der Waals surface area contributed by atoms with Crippen molar-refractivity contribution in [1.82, 2.24) is 0 Å². The van der Waals surface area contributed by atoms with Crippen molar-refractivity contribution in [3.05, 3.63) is 39.3 Å². The third-order valence-electron chi connectivity index (χ3n) is 4.53. The molecule has 0 unspecified atom stereocenters. The van der Waals surface area contributed by atoms with E-state index in [1.54, 1.807) is 19.1 Å². The van der Waals surface area contributed by atoms with Crippen LogP contribution in [0.25, 0.3) is 10.4 Å². The van der Waals surface area contributed by atoms with Gasteiger partial charge < -0.3 is 14.4 Å². The van der Waals surface area contributed by atoms with E-state index in [-0.39, 0.29) is 5.56 Å². The Hall–Kier alpha value is -2.02. The van der Waals surface area contributed by atoms with Crippen LogP contribution >= 0.6 is 0 Å². The summed E-state index contributed by atoms with van der Waals surface area (Å²) in [6.45, 7) is 9.44. The van der Waals surface area contributed by atoms with E-state index in [4.69, 9.17) is 14.8 Å². The highest BCUT2D eigenvalue weighted by molar-refractivity contribution is 6.45. The first-order valence-corrected chi connectivity index (χ1v) is 7.35. The van der Waals surface area contributed by atoms with Gasteiger partial charge in [0.05, 0.1) is 16.8 Å². The molecule has 0 aliphatic carbocycles. The van der Waals surface area contributed by atoms with Crippen molar-refractivity contribution in [2.75, 3.05) is 0 Å². The van der Waals surface area contributed by atoms with Gasteiger partial charge in [-0.2, -0.15) is 0 Å². The van der Waals surface area contributed by atoms with Crippen LogP contribution in [0.2, 0.25) is 0 Å². The Morgan fingerprint density at radius 2 is 1.87 bits per heavy atom. The van der Waals surface area contributed by atoms with E-state index in [1.807, 2.05) is 27.7 Å². The highest BCUT2D eigenvalue weighted by Crippen LogP contribution is 2.38. The number of hydrogen-bond acceptors (Lipinski definition) is 4. The van der Waals surface area contributed by atoms with Gasteiger partial charge in [-0.15, -0.1) is 0 Å². The second kappa shape index (κ2) is 5.89. The van der Waals surface area contributed by atoms with Crippen LogP contribution < -0.4 is 0 Å². The fraction of sp³-hybridized carbons (Fsp3) is 0.533. The maximum atomic E-state index is 11.4. The normalized spacial score (nSPS) is 18.6. The molecule has 1 fully saturated rings. The number of azide groups is 1. The first-order valence-electron chi connectivity index (χ1n) is 7.35. The average Bonchev–Trinajstić information content (AvgIpc) is 2.60. The molecule has 0 saturated carbocycles. The van der Waals surface area contributed by atoms with Gasteiger partial charge in [-0.1, -0.05) is 5.11 Å². The van der Waals surface area contributed by atoms with Crippen LogP contribution in [-0.4, -0.2) is 29.4 Å². The lowest BCUT2D eigenvalue weighted by Crippen LogP contribution is -2.41. The van der Waals surface area contributed by atoms with Crippen molar-refractivity contribution in [3.63, 3.8) is 0 Å². The molecule has 8 heteroatoms. The molecule has 122 valence electrons. The summed E-state index contributed by atoms with van der Waals surface area (Å²) in [5, 5.41) is 12.9. The van der Waals surface area contributed by atoms with Gasteiger partial charge >= 0.3 is 13.1 Å². The van der Waals surface area contributed by atoms with E-state index < -0.39 is 24.3 Å². The molecule has 1 aliphatic rings. The van der Waals surface area contributed by atoms with Crippen molar-refractivity contribution in [2.45, 2.75) is 52.1 Å². The molecule has 0 bridgehead atoms. The lowest BCUT2D eigenvalue weighted by atomic mass is 9.80. The third kappa shape index (κ3) is 3.34. The number of nitrogens with zero attached hydrogens (tertiary/aromatic N) is 3. The van der Waals surface area contributed by atoms with Gasteiger partial charge in [-0.25, -0.2) is 4.79 Å². The third-order valence-corrected chi connectivity index (χ3v) is 4.53. The van der Waals surface area contributed by atoms with Gasteiger partial charge in [0.25, 0.3) is 0 Å². The maximum absolute atomic E-state index is 11.4. The van der Waals surface area contributed by atoms with Crippen LogP contribution in [0.3, 0.4) is 0 Å². The largest absolute Gasteiger partial charge is 0.478 e. The number of aromatic carboxylic acids is 1. The van der Waals surface area contributed by atoms with E-state index in [9.17, 15) is 9.90 Å². The Kier molecular flexibility index (Phi) is 4.44. The number of carbonyl (C=O) groups is 1. The van der Waals surface area contributed by atoms with Crippen LogP contribution in [0.15, 0.2) is 17.2 Å². The molecule has 0 radical (unpaired) electrons. The van der Waals surface area contributed by atoms with Gasteiger partial charge in [-0.3, -0.25) is 0 Å². The van der Waals surface area contributed by atoms with E-state index in [0.29, 0.717) is 23.1 Å². The number of rotatable bonds is 4. The number of benzene rings is 1. The minimum absolute atomic E-state index is 0.112. The molecular weight excluding hydrogens is 297 g/mol. The monoisotopic (exact) mass is 317 g/mol. The maximum Gasteiger partial charge on any atom is 0.462 e. The van der Waals surface area contributed by atoms with Gasteiger partial charge in [0, 0.05) is 16.9 Å². The summed E-state index contributed by atoms with van der Waals surface area (Å²) in [4.78, 5) is 14.1. The summed E-state index contributed by atoms with van der Waals surface area (Å²) in [7, 11) is -0.483. The molecule has 23 heavy (non-hydrogen) atoms. The van der Waals surface area contributed by atoms with Gasteiger partial charge in [0.2, 0.25) is 0 Å². The van der Waals surface area contributed by atoms with Crippen molar-refractivity contribution in [1.29, 1.82) is 0 Å². The Bertz CT molecular complexity index is 657. The standard InChI is InChI=1S/C15H20BN3O4/c1-9-11(13(20)21)6-10(7-12(9)18-19-17)8-16-22-14(2,3)15(4,5)23-16/h6-7H,8H2,1-5H3,(H,20,21). The fourth-order valence-corrected chi connectivity index (χ4v) is 2.49. The molecule has 2 rings (SSSR count). The lowest BCUT2D eigenvalue weighted by molar-refractivity contribution is 0.00578. The molecule has 0 amide bonds. The van der Waals surface area contributed by atoms with Crippen LogP contribution in [0.4, 0.5) is 5.69 Å². The smallest absolute Gasteiger partial charge is 0.462 e. The van der Waals surface area contributed by atoms with E-state index in [1.165, 1.54) is 0 Å². The average molecular weight is 317 g/mol. The zero-order chi connectivity index (χ0) is 17.4. The number of carboxylic acid groups (broad SMARTS) is 1. The summed E-state index contributed by atoms with van der Waals surface area (Å²) in [6.07, 6.45) is 0.376. The second-order valence-electron chi connectivity index (χ2n) is 6.67. The summed E-state index contributed by atoms with van der Waals surface area (Å²) in [6, 6.07) is 3.24. The van der Waals surface area contributed by atoms with Crippen LogP contribution in [0, 0.1) is 6.92 Å². The zero-order valence-corrected chi connectivity index (χ0v) is 14.0. The molecular formula is C15H20BN3O4. The van der Waals surface area contributed by atoms with Gasteiger partial charge in [-0.05, 0) is 63.4 Å². The molecule has 0 atom stereocenters. The SMILES string of the molecule is Cc1c(N=[N+]=[N-])cc(CB2OC(C)(C)C(C)(C)O2)cc1C(=O)O. The predicted octanol–water partition coefficient (Wildman–Crippen LogP) is 3.81. The number of carboxylic acids is 1. The molecule has 1 saturated heterocycles. The Labute approximate surface area is 135 Å². The molecule has 0 aromatic heterocycles. The molecule has 7 nitrogen and oxygen atoms in total. The van der Waals surface area contributed by atoms with Crippen LogP contribution in [0.1, 0.15) is 49.2 Å². The zero-order valence-electron chi connectivity index (χ0n) is 14.0. The molecule has 1 aliphatic heterocycles. The van der Waals surface area contributed by atoms with Crippen molar-refractivity contribution in [3.8, 4) is 0 Å². The van der Waals surface area contributed by atoms with Crippen molar-refractivity contribution in [2.24, 2.45) is 5.11 Å². The topological polar surface area (TPSA) is 105 Å². The molecule has 1 aromatic carbocycles. The minimum Gasteiger partial charge on any atom is -0.478 e. The van der Waals surface area contributed by atoms with E-state index in [0.717, 1.165) is 0 Å². The quantitative estimate of drug-likeness (QED) is 0.394. The first kappa shape index (κ1) is 17.3. The minimum atomic E-state index is -1.06. The fourth-order valence-electron chi connectivity index (χ4n) is 2.49. The van der Waals surface area contributed by atoms with E-state index >= 15 is 0 Å². The Morgan fingerprint density at radius 1 is 1.30 bits per heavy atom. The Balaban J connectivity index is 2.34. The summed E-state index contributed by atoms with van der Waals surface area (Å²) < 4.78 is 11.9. The van der Waals surface area contributed by atoms with Gasteiger partial charge in [0.15, 0.2) is 0 Å². The van der Waals surface area contributed by atoms with Crippen LogP contribution in [0.5, 0.6) is 0 Å². The summed E-state index contributed by atoms with van der Waals surface area (Å²) in [5.41, 5.74) is 9.29. The van der Waals surface area contributed by atoms with Gasteiger partial charge in [0.1, 0.15) is 0 Å². The van der Waals surface area contributed by atoms with Crippen molar-refractivity contribution < 1.29 is 19.2 Å². The van der Waals surface area contributed by atoms with Crippen molar-refractivity contribution >= 4 is 18.8 Å². The molecule has 0 spiro atoms. The number of hydrogen-bond donors (Lipinski definition) is 1. The highest BCUT2D eigenvalue weighted by Gasteiger charge is 2.50. The highest BCUT2D eigenvalue weighted by atomic mass is 16.7. The summed E-state index contributed by atoms with van der Waals surface area (Å²) >= 11 is 0. The molecule has 1 heterocycles. The first-order chi connectivity index (χ1) is 10.6. The second-order valence-corrected chi connectivity index (χ2v) is 6.67. The Morgan fingerprint density at radius 3 is 2.35 bits per heavy atom. The lowest BCUT2D eigenvalue weighted by Gasteiger charge is -2.32. The predicted molar refractivity (Wildman–Crippen MR) is 86.7 cm³/mol. The van der Waals surface area contributed by atoms with E-state index in [2.05, 4.69) is 10.0 Å². The van der Waals surface area contributed by atoms with Crippen LogP contribution in [-0.2, 0) is 15.6 Å².